The quantitative estimate of drug-likeness (QED) is 0.294. The average molecular weight is 508 g/mol. The maximum Gasteiger partial charge on any atom is 0.267 e. The molecule has 0 saturated heterocycles. The minimum Gasteiger partial charge on any atom is -0.494 e. The molecular formula is C28H33N3O4S. The maximum atomic E-state index is 13.8. The van der Waals surface area contributed by atoms with Crippen LogP contribution in [0.5, 0.6) is 11.5 Å². The van der Waals surface area contributed by atoms with Crippen LogP contribution >= 0.6 is 11.3 Å². The van der Waals surface area contributed by atoms with Crippen LogP contribution in [-0.4, -0.2) is 67.2 Å². The summed E-state index contributed by atoms with van der Waals surface area (Å²) in [6, 6.07) is 17.3. The molecule has 0 saturated carbocycles. The summed E-state index contributed by atoms with van der Waals surface area (Å²) in [5, 5.41) is 1.36. The molecule has 2 aromatic heterocycles. The molecule has 36 heavy (non-hydrogen) atoms. The SMILES string of the molecule is CCN(CC)CCN(C)C(=O)c1sc2c(c1OC)c(=O)n(CCOc1ccccc1)c1ccccc21. The molecule has 0 aliphatic heterocycles. The van der Waals surface area contributed by atoms with Gasteiger partial charge in [0.25, 0.3) is 11.5 Å². The zero-order chi connectivity index (χ0) is 25.7. The summed E-state index contributed by atoms with van der Waals surface area (Å²) in [5.41, 5.74) is 0.628. The summed E-state index contributed by atoms with van der Waals surface area (Å²) < 4.78 is 14.1. The lowest BCUT2D eigenvalue weighted by molar-refractivity contribution is 0.0781. The minimum absolute atomic E-state index is 0.136. The third-order valence-corrected chi connectivity index (χ3v) is 7.67. The molecule has 0 fully saturated rings. The second-order valence-electron chi connectivity index (χ2n) is 8.56. The second-order valence-corrected chi connectivity index (χ2v) is 9.58. The molecule has 4 aromatic rings. The highest BCUT2D eigenvalue weighted by molar-refractivity contribution is 7.22. The highest BCUT2D eigenvalue weighted by Crippen LogP contribution is 2.40. The number of carbonyl (C=O) groups is 1. The van der Waals surface area contributed by atoms with Crippen LogP contribution in [0.1, 0.15) is 23.5 Å². The minimum atomic E-state index is -0.182. The number of methoxy groups -OCH3 is 1. The zero-order valence-corrected chi connectivity index (χ0v) is 22.1. The summed E-state index contributed by atoms with van der Waals surface area (Å²) in [4.78, 5) is 31.7. The van der Waals surface area contributed by atoms with Gasteiger partial charge in [0.15, 0.2) is 5.75 Å². The lowest BCUT2D eigenvalue weighted by Crippen LogP contribution is -2.36. The van der Waals surface area contributed by atoms with Gasteiger partial charge in [0.2, 0.25) is 0 Å². The van der Waals surface area contributed by atoms with E-state index in [1.54, 1.807) is 16.5 Å². The van der Waals surface area contributed by atoms with E-state index in [0.29, 0.717) is 35.7 Å². The number of para-hydroxylation sites is 2. The summed E-state index contributed by atoms with van der Waals surface area (Å²) in [6.45, 7) is 8.19. The van der Waals surface area contributed by atoms with Crippen molar-refractivity contribution in [1.29, 1.82) is 0 Å². The topological polar surface area (TPSA) is 64.0 Å². The highest BCUT2D eigenvalue weighted by atomic mass is 32.1. The molecule has 0 radical (unpaired) electrons. The number of likely N-dealkylation sites (N-methyl/N-ethyl adjacent to an activating group) is 2. The fourth-order valence-electron chi connectivity index (χ4n) is 4.38. The average Bonchev–Trinajstić information content (AvgIpc) is 3.31. The van der Waals surface area contributed by atoms with Gasteiger partial charge in [-0.1, -0.05) is 50.2 Å². The van der Waals surface area contributed by atoms with E-state index in [2.05, 4.69) is 18.7 Å². The predicted molar refractivity (Wildman–Crippen MR) is 147 cm³/mol. The van der Waals surface area contributed by atoms with Crippen LogP contribution in [0.3, 0.4) is 0 Å². The maximum absolute atomic E-state index is 13.8. The molecule has 0 aliphatic carbocycles. The summed E-state index contributed by atoms with van der Waals surface area (Å²) in [7, 11) is 3.32. The van der Waals surface area contributed by atoms with E-state index in [9.17, 15) is 9.59 Å². The Balaban J connectivity index is 1.72. The molecule has 7 nitrogen and oxygen atoms in total. The number of hydrogen-bond donors (Lipinski definition) is 0. The first-order valence-electron chi connectivity index (χ1n) is 12.3. The molecule has 0 N–H and O–H groups in total. The van der Waals surface area contributed by atoms with Crippen molar-refractivity contribution in [2.24, 2.45) is 0 Å². The first-order valence-corrected chi connectivity index (χ1v) is 13.1. The largest absolute Gasteiger partial charge is 0.494 e. The number of amides is 1. The number of ether oxygens (including phenoxy) is 2. The van der Waals surface area contributed by atoms with Crippen LogP contribution in [0.25, 0.3) is 21.0 Å². The van der Waals surface area contributed by atoms with E-state index < -0.39 is 0 Å². The molecule has 190 valence electrons. The van der Waals surface area contributed by atoms with Crippen LogP contribution in [0, 0.1) is 0 Å². The number of pyridine rings is 1. The Kier molecular flexibility index (Phi) is 8.28. The second kappa shape index (κ2) is 11.6. The number of benzene rings is 2. The molecule has 0 aliphatic rings. The van der Waals surface area contributed by atoms with Crippen molar-refractivity contribution in [3.63, 3.8) is 0 Å². The monoisotopic (exact) mass is 507 g/mol. The third-order valence-electron chi connectivity index (χ3n) is 6.48. The fraction of sp³-hybridized carbons (Fsp3) is 0.357. The Morgan fingerprint density at radius 3 is 2.39 bits per heavy atom. The van der Waals surface area contributed by atoms with Crippen LogP contribution in [-0.2, 0) is 6.54 Å². The van der Waals surface area contributed by atoms with E-state index in [4.69, 9.17) is 9.47 Å². The Morgan fingerprint density at radius 2 is 1.69 bits per heavy atom. The fourth-order valence-corrected chi connectivity index (χ4v) is 5.67. The third kappa shape index (κ3) is 5.10. The lowest BCUT2D eigenvalue weighted by atomic mass is 10.1. The van der Waals surface area contributed by atoms with Gasteiger partial charge >= 0.3 is 0 Å². The summed E-state index contributed by atoms with van der Waals surface area (Å²) >= 11 is 1.33. The number of aromatic nitrogens is 1. The number of rotatable bonds is 11. The van der Waals surface area contributed by atoms with Crippen molar-refractivity contribution in [1.82, 2.24) is 14.4 Å². The standard InChI is InChI=1S/C28H33N3O4S/c1-5-30(6-2)17-16-29(3)28(33)26-24(34-4)23-25(36-26)21-14-10-11-15-22(21)31(27(23)32)18-19-35-20-12-8-7-9-13-20/h7-15H,5-6,16-19H2,1-4H3. The Hall–Kier alpha value is -3.36. The van der Waals surface area contributed by atoms with Gasteiger partial charge in [-0.05, 0) is 31.3 Å². The number of hydrogen-bond acceptors (Lipinski definition) is 6. The van der Waals surface area contributed by atoms with Gasteiger partial charge in [0.05, 0.1) is 23.9 Å². The van der Waals surface area contributed by atoms with Crippen LogP contribution in [0.4, 0.5) is 0 Å². The lowest BCUT2D eigenvalue weighted by Gasteiger charge is -2.23. The molecule has 0 atom stereocenters. The predicted octanol–water partition coefficient (Wildman–Crippen LogP) is 4.72. The molecule has 0 bridgehead atoms. The van der Waals surface area contributed by atoms with Gasteiger partial charge in [-0.25, -0.2) is 0 Å². The van der Waals surface area contributed by atoms with Crippen molar-refractivity contribution in [3.05, 3.63) is 69.8 Å². The molecule has 1 amide bonds. The Bertz CT molecular complexity index is 1390. The first-order chi connectivity index (χ1) is 17.5. The molecule has 2 aromatic carbocycles. The zero-order valence-electron chi connectivity index (χ0n) is 21.3. The molecule has 8 heteroatoms. The molecule has 4 rings (SSSR count). The highest BCUT2D eigenvalue weighted by Gasteiger charge is 2.26. The van der Waals surface area contributed by atoms with Gasteiger partial charge in [-0.3, -0.25) is 9.59 Å². The van der Waals surface area contributed by atoms with Gasteiger partial charge in [-0.2, -0.15) is 0 Å². The normalized spacial score (nSPS) is 11.4. The van der Waals surface area contributed by atoms with Crippen molar-refractivity contribution in [2.75, 3.05) is 46.9 Å². The van der Waals surface area contributed by atoms with Crippen molar-refractivity contribution < 1.29 is 14.3 Å². The van der Waals surface area contributed by atoms with E-state index >= 15 is 0 Å². The summed E-state index contributed by atoms with van der Waals surface area (Å²) in [6.07, 6.45) is 0. The molecule has 2 heterocycles. The number of thiophene rings is 1. The smallest absolute Gasteiger partial charge is 0.267 e. The van der Waals surface area contributed by atoms with Gasteiger partial charge in [0, 0.05) is 25.5 Å². The van der Waals surface area contributed by atoms with Gasteiger partial charge in [-0.15, -0.1) is 11.3 Å². The van der Waals surface area contributed by atoms with Crippen LogP contribution in [0.15, 0.2) is 59.4 Å². The first kappa shape index (κ1) is 25.7. The van der Waals surface area contributed by atoms with Gasteiger partial charge < -0.3 is 23.8 Å². The molecule has 0 unspecified atom stereocenters. The van der Waals surface area contributed by atoms with E-state index in [-0.39, 0.29) is 11.5 Å². The van der Waals surface area contributed by atoms with E-state index in [1.807, 2.05) is 54.6 Å². The Labute approximate surface area is 215 Å². The number of carbonyl (C=O) groups excluding carboxylic acids is 1. The van der Waals surface area contributed by atoms with Crippen LogP contribution < -0.4 is 15.0 Å². The molecule has 0 spiro atoms. The summed E-state index contributed by atoms with van der Waals surface area (Å²) in [5.74, 6) is 0.968. The Morgan fingerprint density at radius 1 is 1.00 bits per heavy atom. The van der Waals surface area contributed by atoms with Crippen LogP contribution in [0.2, 0.25) is 0 Å². The van der Waals surface area contributed by atoms with Crippen molar-refractivity contribution in [3.8, 4) is 11.5 Å². The van der Waals surface area contributed by atoms with Gasteiger partial charge in [0.1, 0.15) is 22.6 Å². The molecular weight excluding hydrogens is 474 g/mol. The van der Waals surface area contributed by atoms with Crippen molar-refractivity contribution >= 4 is 38.2 Å². The number of nitrogens with zero attached hydrogens (tertiary/aromatic N) is 3. The van der Waals surface area contributed by atoms with Crippen molar-refractivity contribution in [2.45, 2.75) is 20.4 Å². The number of fused-ring (bicyclic) bond motifs is 3. The van der Waals surface area contributed by atoms with E-state index in [1.165, 1.54) is 18.4 Å². The van der Waals surface area contributed by atoms with E-state index in [0.717, 1.165) is 41.0 Å².